The molecule has 0 spiro atoms. The summed E-state index contributed by atoms with van der Waals surface area (Å²) in [5.74, 6) is -1.50. The van der Waals surface area contributed by atoms with Crippen LogP contribution in [0.15, 0.2) is 30.9 Å². The molecule has 0 fully saturated rings. The van der Waals surface area contributed by atoms with Crippen LogP contribution >= 0.6 is 0 Å². The Hall–Kier alpha value is -1.89. The SMILES string of the molecule is C=CCS(=O)(=O)Nc1cccc(C(=O)O)n1. The Bertz CT molecular complexity index is 510. The molecule has 1 heterocycles. The predicted molar refractivity (Wildman–Crippen MR) is 58.8 cm³/mol. The van der Waals surface area contributed by atoms with E-state index in [9.17, 15) is 13.2 Å². The first-order valence-corrected chi connectivity index (χ1v) is 5.91. The Kier molecular flexibility index (Phi) is 3.62. The van der Waals surface area contributed by atoms with Crippen molar-refractivity contribution in [1.29, 1.82) is 0 Å². The minimum atomic E-state index is -3.55. The summed E-state index contributed by atoms with van der Waals surface area (Å²) in [4.78, 5) is 14.2. The summed E-state index contributed by atoms with van der Waals surface area (Å²) in [7, 11) is -3.55. The molecule has 16 heavy (non-hydrogen) atoms. The number of carboxylic acid groups (broad SMARTS) is 1. The number of anilines is 1. The third kappa shape index (κ3) is 3.35. The Balaban J connectivity index is 2.94. The van der Waals surface area contributed by atoms with E-state index in [-0.39, 0.29) is 17.3 Å². The van der Waals surface area contributed by atoms with Crippen LogP contribution in [0.5, 0.6) is 0 Å². The zero-order valence-electron chi connectivity index (χ0n) is 8.25. The average molecular weight is 242 g/mol. The van der Waals surface area contributed by atoms with Crippen LogP contribution < -0.4 is 4.72 Å². The summed E-state index contributed by atoms with van der Waals surface area (Å²) in [6, 6.07) is 4.04. The Morgan fingerprint density at radius 2 is 2.25 bits per heavy atom. The molecule has 0 aliphatic heterocycles. The third-order valence-electron chi connectivity index (χ3n) is 1.57. The van der Waals surface area contributed by atoms with Gasteiger partial charge < -0.3 is 5.11 Å². The summed E-state index contributed by atoms with van der Waals surface area (Å²) in [5.41, 5.74) is -0.223. The van der Waals surface area contributed by atoms with Crippen LogP contribution in [0.2, 0.25) is 0 Å². The fourth-order valence-electron chi connectivity index (χ4n) is 0.967. The van der Waals surface area contributed by atoms with Crippen molar-refractivity contribution >= 4 is 21.8 Å². The molecule has 0 saturated carbocycles. The van der Waals surface area contributed by atoms with Gasteiger partial charge in [0.25, 0.3) is 0 Å². The Morgan fingerprint density at radius 1 is 1.56 bits per heavy atom. The minimum absolute atomic E-state index is 0.0262. The van der Waals surface area contributed by atoms with E-state index in [0.29, 0.717) is 0 Å². The molecule has 2 N–H and O–H groups in total. The molecule has 0 aliphatic carbocycles. The molecule has 0 amide bonds. The van der Waals surface area contributed by atoms with Gasteiger partial charge in [-0.25, -0.2) is 18.2 Å². The fraction of sp³-hybridized carbons (Fsp3) is 0.111. The van der Waals surface area contributed by atoms with Gasteiger partial charge in [0.2, 0.25) is 10.0 Å². The van der Waals surface area contributed by atoms with Gasteiger partial charge in [-0.05, 0) is 12.1 Å². The van der Waals surface area contributed by atoms with E-state index in [1.54, 1.807) is 0 Å². The summed E-state index contributed by atoms with van der Waals surface area (Å²) in [6.45, 7) is 3.30. The molecule has 0 saturated heterocycles. The van der Waals surface area contributed by atoms with E-state index in [0.717, 1.165) is 0 Å². The highest BCUT2D eigenvalue weighted by Crippen LogP contribution is 2.07. The number of aromatic nitrogens is 1. The third-order valence-corrected chi connectivity index (χ3v) is 2.76. The van der Waals surface area contributed by atoms with Gasteiger partial charge in [-0.1, -0.05) is 12.1 Å². The Morgan fingerprint density at radius 3 is 2.81 bits per heavy atom. The van der Waals surface area contributed by atoms with Crippen molar-refractivity contribution in [3.63, 3.8) is 0 Å². The highest BCUT2D eigenvalue weighted by molar-refractivity contribution is 7.92. The van der Waals surface area contributed by atoms with Gasteiger partial charge in [-0.2, -0.15) is 0 Å². The molecule has 0 unspecified atom stereocenters. The number of carbonyl (C=O) groups is 1. The molecule has 0 aliphatic rings. The molecule has 0 aromatic carbocycles. The summed E-state index contributed by atoms with van der Waals surface area (Å²) >= 11 is 0. The topological polar surface area (TPSA) is 96.4 Å². The largest absolute Gasteiger partial charge is 0.477 e. The zero-order valence-corrected chi connectivity index (χ0v) is 9.07. The van der Waals surface area contributed by atoms with Gasteiger partial charge in [0, 0.05) is 0 Å². The number of aromatic carboxylic acids is 1. The Labute approximate surface area is 92.7 Å². The second-order valence-corrected chi connectivity index (χ2v) is 4.65. The van der Waals surface area contributed by atoms with Gasteiger partial charge in [-0.3, -0.25) is 4.72 Å². The van der Waals surface area contributed by atoms with Crippen molar-refractivity contribution < 1.29 is 18.3 Å². The van der Waals surface area contributed by atoms with E-state index >= 15 is 0 Å². The van der Waals surface area contributed by atoms with Crippen molar-refractivity contribution in [3.8, 4) is 0 Å². The second-order valence-electron chi connectivity index (χ2n) is 2.89. The van der Waals surface area contributed by atoms with Crippen molar-refractivity contribution in [1.82, 2.24) is 4.98 Å². The molecule has 86 valence electrons. The minimum Gasteiger partial charge on any atom is -0.477 e. The quantitative estimate of drug-likeness (QED) is 0.741. The van der Waals surface area contributed by atoms with Crippen molar-refractivity contribution in [2.45, 2.75) is 0 Å². The van der Waals surface area contributed by atoms with Gasteiger partial charge in [0.15, 0.2) is 5.69 Å². The number of carboxylic acids is 1. The van der Waals surface area contributed by atoms with Gasteiger partial charge >= 0.3 is 5.97 Å². The standard InChI is InChI=1S/C9H10N2O4S/c1-2-6-16(14,15)11-8-5-3-4-7(10-8)9(12)13/h2-5H,1,6H2,(H,10,11)(H,12,13). The van der Waals surface area contributed by atoms with Crippen LogP contribution in [0, 0.1) is 0 Å². The fourth-order valence-corrected chi connectivity index (χ4v) is 1.79. The predicted octanol–water partition coefficient (Wildman–Crippen LogP) is 0.708. The lowest BCUT2D eigenvalue weighted by Crippen LogP contribution is -2.16. The van der Waals surface area contributed by atoms with E-state index in [2.05, 4.69) is 16.3 Å². The van der Waals surface area contributed by atoms with Gasteiger partial charge in [0.05, 0.1) is 5.75 Å². The van der Waals surface area contributed by atoms with E-state index in [1.165, 1.54) is 24.3 Å². The summed E-state index contributed by atoms with van der Waals surface area (Å²) < 4.78 is 24.8. The van der Waals surface area contributed by atoms with Crippen LogP contribution in [-0.4, -0.2) is 30.2 Å². The normalized spacial score (nSPS) is 10.8. The zero-order chi connectivity index (χ0) is 12.2. The number of pyridine rings is 1. The molecule has 7 heteroatoms. The number of hydrogen-bond acceptors (Lipinski definition) is 4. The average Bonchev–Trinajstić information content (AvgIpc) is 2.17. The van der Waals surface area contributed by atoms with E-state index in [4.69, 9.17) is 5.11 Å². The van der Waals surface area contributed by atoms with Crippen molar-refractivity contribution in [2.24, 2.45) is 0 Å². The number of hydrogen-bond donors (Lipinski definition) is 2. The molecular formula is C9H10N2O4S. The van der Waals surface area contributed by atoms with Crippen LogP contribution in [-0.2, 0) is 10.0 Å². The molecule has 1 aromatic heterocycles. The molecule has 1 rings (SSSR count). The van der Waals surface area contributed by atoms with Crippen LogP contribution in [0.25, 0.3) is 0 Å². The van der Waals surface area contributed by atoms with E-state index in [1.807, 2.05) is 0 Å². The molecule has 0 radical (unpaired) electrons. The monoisotopic (exact) mass is 242 g/mol. The molecule has 0 bridgehead atoms. The van der Waals surface area contributed by atoms with Gasteiger partial charge in [-0.15, -0.1) is 6.58 Å². The van der Waals surface area contributed by atoms with Crippen LogP contribution in [0.3, 0.4) is 0 Å². The smallest absolute Gasteiger partial charge is 0.354 e. The lowest BCUT2D eigenvalue weighted by Gasteiger charge is -2.05. The molecule has 0 atom stereocenters. The first-order valence-electron chi connectivity index (χ1n) is 4.26. The number of nitrogens with one attached hydrogen (secondary N) is 1. The highest BCUT2D eigenvalue weighted by atomic mass is 32.2. The maximum Gasteiger partial charge on any atom is 0.354 e. The number of sulfonamides is 1. The van der Waals surface area contributed by atoms with Gasteiger partial charge in [0.1, 0.15) is 5.82 Å². The van der Waals surface area contributed by atoms with Crippen LogP contribution in [0.4, 0.5) is 5.82 Å². The molecule has 1 aromatic rings. The van der Waals surface area contributed by atoms with Crippen molar-refractivity contribution in [3.05, 3.63) is 36.5 Å². The number of nitrogens with zero attached hydrogens (tertiary/aromatic N) is 1. The van der Waals surface area contributed by atoms with E-state index < -0.39 is 16.0 Å². The van der Waals surface area contributed by atoms with Crippen LogP contribution in [0.1, 0.15) is 10.5 Å². The molecule has 6 nitrogen and oxygen atoms in total. The summed E-state index contributed by atoms with van der Waals surface area (Å²) in [6.07, 6.45) is 1.23. The highest BCUT2D eigenvalue weighted by Gasteiger charge is 2.10. The summed E-state index contributed by atoms with van der Waals surface area (Å²) in [5, 5.41) is 8.66. The molecular weight excluding hydrogens is 232 g/mol. The number of rotatable bonds is 5. The first-order chi connectivity index (χ1) is 7.44. The van der Waals surface area contributed by atoms with Crippen molar-refractivity contribution in [2.75, 3.05) is 10.5 Å². The lowest BCUT2D eigenvalue weighted by molar-refractivity contribution is 0.0690. The first kappa shape index (κ1) is 12.2. The second kappa shape index (κ2) is 4.75. The maximum atomic E-state index is 11.3. The lowest BCUT2D eigenvalue weighted by atomic mass is 10.3. The maximum absolute atomic E-state index is 11.3.